The molecular formula is C17H19ClN2O2. The van der Waals surface area contributed by atoms with Gasteiger partial charge in [0.1, 0.15) is 11.4 Å². The van der Waals surface area contributed by atoms with E-state index >= 15 is 0 Å². The minimum absolute atomic E-state index is 0.154. The number of hydrogen-bond donors (Lipinski definition) is 0. The van der Waals surface area contributed by atoms with Crippen LogP contribution < -0.4 is 4.90 Å². The van der Waals surface area contributed by atoms with E-state index in [1.165, 1.54) is 0 Å². The lowest BCUT2D eigenvalue weighted by molar-refractivity contribution is -0.0581. The lowest BCUT2D eigenvalue weighted by Crippen LogP contribution is -2.52. The summed E-state index contributed by atoms with van der Waals surface area (Å²) < 4.78 is 11.5. The van der Waals surface area contributed by atoms with Gasteiger partial charge in [-0.25, -0.2) is 4.98 Å². The summed E-state index contributed by atoms with van der Waals surface area (Å²) in [5.41, 5.74) is 1.86. The third-order valence-corrected chi connectivity index (χ3v) is 5.08. The maximum absolute atomic E-state index is 6.23. The Morgan fingerprint density at radius 2 is 2.09 bits per heavy atom. The van der Waals surface area contributed by atoms with Crippen LogP contribution in [-0.4, -0.2) is 43.5 Å². The third-order valence-electron chi connectivity index (χ3n) is 4.67. The van der Waals surface area contributed by atoms with Gasteiger partial charge in [0.2, 0.25) is 0 Å². The van der Waals surface area contributed by atoms with Crippen molar-refractivity contribution in [1.29, 1.82) is 0 Å². The highest BCUT2D eigenvalue weighted by atomic mass is 35.5. The number of aromatic nitrogens is 1. The number of halogens is 1. The summed E-state index contributed by atoms with van der Waals surface area (Å²) in [5, 5.41) is 1.89. The molecule has 2 fully saturated rings. The summed E-state index contributed by atoms with van der Waals surface area (Å²) in [6.07, 6.45) is 0.960. The summed E-state index contributed by atoms with van der Waals surface area (Å²) in [4.78, 5) is 7.16. The van der Waals surface area contributed by atoms with Crippen LogP contribution in [0, 0.1) is 6.92 Å². The predicted molar refractivity (Wildman–Crippen MR) is 87.8 cm³/mol. The highest BCUT2D eigenvalue weighted by molar-refractivity contribution is 6.32. The lowest BCUT2D eigenvalue weighted by Gasteiger charge is -2.40. The molecule has 0 aliphatic carbocycles. The van der Waals surface area contributed by atoms with Crippen LogP contribution in [-0.2, 0) is 9.47 Å². The number of morpholine rings is 1. The van der Waals surface area contributed by atoms with Crippen LogP contribution in [0.25, 0.3) is 10.9 Å². The van der Waals surface area contributed by atoms with Crippen molar-refractivity contribution in [1.82, 2.24) is 4.98 Å². The van der Waals surface area contributed by atoms with E-state index in [1.807, 2.05) is 19.1 Å². The molecule has 5 heteroatoms. The molecule has 4 rings (SSSR count). The monoisotopic (exact) mass is 318 g/mol. The maximum Gasteiger partial charge on any atom is 0.129 e. The second-order valence-corrected chi connectivity index (χ2v) is 6.58. The van der Waals surface area contributed by atoms with Gasteiger partial charge in [0.25, 0.3) is 0 Å². The van der Waals surface area contributed by atoms with Crippen molar-refractivity contribution in [2.24, 2.45) is 0 Å². The Bertz CT molecular complexity index is 713. The van der Waals surface area contributed by atoms with E-state index in [9.17, 15) is 0 Å². The second-order valence-electron chi connectivity index (χ2n) is 6.17. The smallest absolute Gasteiger partial charge is 0.129 e. The highest BCUT2D eigenvalue weighted by Crippen LogP contribution is 2.31. The number of nitrogens with zero attached hydrogens (tertiary/aromatic N) is 2. The van der Waals surface area contributed by atoms with Gasteiger partial charge in [-0.15, -0.1) is 0 Å². The molecule has 3 heterocycles. The Hall–Kier alpha value is -1.36. The topological polar surface area (TPSA) is 34.6 Å². The number of benzene rings is 1. The molecule has 0 radical (unpaired) electrons. The van der Waals surface area contributed by atoms with Crippen LogP contribution in [0.2, 0.25) is 5.02 Å². The SMILES string of the molecule is Cc1c(Cl)ccc2ccc(N3CCOC4(CCOC4)C3)nc12. The second kappa shape index (κ2) is 5.37. The maximum atomic E-state index is 6.23. The molecule has 22 heavy (non-hydrogen) atoms. The standard InChI is InChI=1S/C17H19ClN2O2/c1-12-14(18)4-2-13-3-5-15(19-16(12)13)20-7-9-22-17(10-20)6-8-21-11-17/h2-5H,6-11H2,1H3. The van der Waals surface area contributed by atoms with E-state index < -0.39 is 0 Å². The van der Waals surface area contributed by atoms with E-state index in [1.54, 1.807) is 0 Å². The van der Waals surface area contributed by atoms with Crippen LogP contribution in [0.3, 0.4) is 0 Å². The third kappa shape index (κ3) is 2.35. The van der Waals surface area contributed by atoms with Crippen molar-refractivity contribution in [3.63, 3.8) is 0 Å². The first kappa shape index (κ1) is 14.2. The molecule has 1 aromatic carbocycles. The van der Waals surface area contributed by atoms with E-state index in [4.69, 9.17) is 26.1 Å². The molecule has 1 spiro atoms. The Morgan fingerprint density at radius 3 is 2.91 bits per heavy atom. The quantitative estimate of drug-likeness (QED) is 0.809. The Labute approximate surface area is 135 Å². The van der Waals surface area contributed by atoms with Gasteiger partial charge < -0.3 is 14.4 Å². The van der Waals surface area contributed by atoms with Gasteiger partial charge in [-0.1, -0.05) is 17.7 Å². The fourth-order valence-electron chi connectivity index (χ4n) is 3.34. The summed E-state index contributed by atoms with van der Waals surface area (Å²) in [5.74, 6) is 0.993. The fourth-order valence-corrected chi connectivity index (χ4v) is 3.49. The molecule has 0 saturated carbocycles. The van der Waals surface area contributed by atoms with Gasteiger partial charge >= 0.3 is 0 Å². The predicted octanol–water partition coefficient (Wildman–Crippen LogP) is 3.19. The van der Waals surface area contributed by atoms with Crippen molar-refractivity contribution < 1.29 is 9.47 Å². The number of hydrogen-bond acceptors (Lipinski definition) is 4. The average molecular weight is 319 g/mol. The fraction of sp³-hybridized carbons (Fsp3) is 0.471. The van der Waals surface area contributed by atoms with Crippen molar-refractivity contribution in [3.8, 4) is 0 Å². The summed E-state index contributed by atoms with van der Waals surface area (Å²) in [6.45, 7) is 5.91. The molecule has 116 valence electrons. The minimum Gasteiger partial charge on any atom is -0.378 e. The first-order valence-electron chi connectivity index (χ1n) is 7.69. The Kier molecular flexibility index (Phi) is 3.48. The highest BCUT2D eigenvalue weighted by Gasteiger charge is 2.40. The summed E-state index contributed by atoms with van der Waals surface area (Å²) in [6, 6.07) is 8.16. The average Bonchev–Trinajstić information content (AvgIpc) is 2.98. The van der Waals surface area contributed by atoms with Gasteiger partial charge in [-0.05, 0) is 30.7 Å². The molecule has 0 N–H and O–H groups in total. The van der Waals surface area contributed by atoms with Crippen LogP contribution in [0.4, 0.5) is 5.82 Å². The van der Waals surface area contributed by atoms with Crippen molar-refractivity contribution in [2.75, 3.05) is 37.8 Å². The van der Waals surface area contributed by atoms with Crippen LogP contribution in [0.15, 0.2) is 24.3 Å². The van der Waals surface area contributed by atoms with Crippen molar-refractivity contribution >= 4 is 28.3 Å². The molecule has 2 aromatic rings. The van der Waals surface area contributed by atoms with E-state index in [0.717, 1.165) is 60.0 Å². The van der Waals surface area contributed by atoms with E-state index in [-0.39, 0.29) is 5.60 Å². The molecule has 0 amide bonds. The molecule has 2 saturated heterocycles. The zero-order valence-corrected chi connectivity index (χ0v) is 13.4. The molecule has 1 aromatic heterocycles. The largest absolute Gasteiger partial charge is 0.378 e. The van der Waals surface area contributed by atoms with Crippen LogP contribution >= 0.6 is 11.6 Å². The molecule has 2 aliphatic heterocycles. The Morgan fingerprint density at radius 1 is 1.23 bits per heavy atom. The number of aryl methyl sites for hydroxylation is 1. The number of rotatable bonds is 1. The van der Waals surface area contributed by atoms with Crippen molar-refractivity contribution in [2.45, 2.75) is 18.9 Å². The van der Waals surface area contributed by atoms with E-state index in [0.29, 0.717) is 6.61 Å². The molecule has 0 bridgehead atoms. The minimum atomic E-state index is -0.154. The first-order valence-corrected chi connectivity index (χ1v) is 8.07. The van der Waals surface area contributed by atoms with Gasteiger partial charge in [-0.2, -0.15) is 0 Å². The number of ether oxygens (including phenoxy) is 2. The molecule has 2 aliphatic rings. The first-order chi connectivity index (χ1) is 10.7. The zero-order chi connectivity index (χ0) is 15.2. The molecular weight excluding hydrogens is 300 g/mol. The normalized spacial score (nSPS) is 25.3. The molecule has 1 unspecified atom stereocenters. The lowest BCUT2D eigenvalue weighted by atomic mass is 10.0. The number of anilines is 1. The number of pyridine rings is 1. The summed E-state index contributed by atoms with van der Waals surface area (Å²) in [7, 11) is 0. The van der Waals surface area contributed by atoms with Crippen molar-refractivity contribution in [3.05, 3.63) is 34.9 Å². The van der Waals surface area contributed by atoms with Gasteiger partial charge in [-0.3, -0.25) is 0 Å². The van der Waals surface area contributed by atoms with Gasteiger partial charge in [0.05, 0.1) is 25.3 Å². The molecule has 1 atom stereocenters. The zero-order valence-electron chi connectivity index (χ0n) is 12.6. The van der Waals surface area contributed by atoms with Gasteiger partial charge in [0.15, 0.2) is 0 Å². The van der Waals surface area contributed by atoms with Gasteiger partial charge in [0, 0.05) is 30.0 Å². The Balaban J connectivity index is 1.70. The van der Waals surface area contributed by atoms with Crippen LogP contribution in [0.1, 0.15) is 12.0 Å². The number of fused-ring (bicyclic) bond motifs is 1. The summed E-state index contributed by atoms with van der Waals surface area (Å²) >= 11 is 6.23. The van der Waals surface area contributed by atoms with E-state index in [2.05, 4.69) is 17.0 Å². The molecule has 4 nitrogen and oxygen atoms in total. The van der Waals surface area contributed by atoms with Crippen LogP contribution in [0.5, 0.6) is 0 Å².